The molecule has 5 heteroatoms. The van der Waals surface area contributed by atoms with Gasteiger partial charge in [0.05, 0.1) is 5.69 Å². The van der Waals surface area contributed by atoms with Gasteiger partial charge in [-0.2, -0.15) is 0 Å². The fourth-order valence-corrected chi connectivity index (χ4v) is 3.86. The van der Waals surface area contributed by atoms with Gasteiger partial charge in [0.2, 0.25) is 11.8 Å². The lowest BCUT2D eigenvalue weighted by atomic mass is 10.0. The molecule has 2 amide bonds. The van der Waals surface area contributed by atoms with Crippen LogP contribution in [0.3, 0.4) is 0 Å². The van der Waals surface area contributed by atoms with E-state index in [2.05, 4.69) is 24.4 Å². The van der Waals surface area contributed by atoms with E-state index in [4.69, 9.17) is 0 Å². The Bertz CT molecular complexity index is 748. The Morgan fingerprint density at radius 3 is 2.68 bits per heavy atom. The van der Waals surface area contributed by atoms with Crippen molar-refractivity contribution in [1.82, 2.24) is 5.32 Å². The minimum atomic E-state index is -0.127. The number of hydrogen-bond acceptors (Lipinski definition) is 3. The fraction of sp³-hybridized carbons (Fsp3) is 0.300. The molecule has 0 radical (unpaired) electrons. The van der Waals surface area contributed by atoms with Gasteiger partial charge in [-0.25, -0.2) is 0 Å². The molecule has 0 saturated heterocycles. The summed E-state index contributed by atoms with van der Waals surface area (Å²) in [5.41, 5.74) is 2.02. The topological polar surface area (TPSA) is 49.4 Å². The van der Waals surface area contributed by atoms with Crippen LogP contribution in [0, 0.1) is 0 Å². The third-order valence-corrected chi connectivity index (χ3v) is 5.37. The van der Waals surface area contributed by atoms with Crippen LogP contribution in [0.4, 0.5) is 5.69 Å². The third kappa shape index (κ3) is 4.42. The van der Waals surface area contributed by atoms with E-state index in [9.17, 15) is 9.59 Å². The molecule has 2 aromatic carbocycles. The molecule has 2 aromatic rings. The molecule has 0 unspecified atom stereocenters. The Morgan fingerprint density at radius 2 is 1.88 bits per heavy atom. The van der Waals surface area contributed by atoms with E-state index in [1.54, 1.807) is 16.7 Å². The van der Waals surface area contributed by atoms with Crippen molar-refractivity contribution in [3.63, 3.8) is 0 Å². The first-order chi connectivity index (χ1) is 12.1. The second-order valence-corrected chi connectivity index (χ2v) is 7.30. The lowest BCUT2D eigenvalue weighted by Crippen LogP contribution is -2.41. The van der Waals surface area contributed by atoms with Crippen LogP contribution in [0.1, 0.15) is 24.8 Å². The van der Waals surface area contributed by atoms with Crippen molar-refractivity contribution in [3.8, 4) is 0 Å². The van der Waals surface area contributed by atoms with Crippen molar-refractivity contribution >= 4 is 29.3 Å². The molecule has 3 rings (SSSR count). The molecule has 0 spiro atoms. The molecule has 0 aliphatic carbocycles. The number of nitrogens with one attached hydrogen (secondary N) is 1. The lowest BCUT2D eigenvalue weighted by Gasteiger charge is -2.22. The van der Waals surface area contributed by atoms with Crippen molar-refractivity contribution in [1.29, 1.82) is 0 Å². The Balaban J connectivity index is 1.63. The Morgan fingerprint density at radius 1 is 1.16 bits per heavy atom. The summed E-state index contributed by atoms with van der Waals surface area (Å²) in [4.78, 5) is 27.5. The van der Waals surface area contributed by atoms with Crippen molar-refractivity contribution in [3.05, 3.63) is 60.2 Å². The molecule has 1 aliphatic rings. The minimum absolute atomic E-state index is 0.00343. The molecule has 0 bridgehead atoms. The lowest BCUT2D eigenvalue weighted by molar-refractivity contribution is -0.123. The van der Waals surface area contributed by atoms with E-state index in [0.29, 0.717) is 13.0 Å². The summed E-state index contributed by atoms with van der Waals surface area (Å²) in [6.45, 7) is 2.71. The van der Waals surface area contributed by atoms with Crippen LogP contribution in [0.15, 0.2) is 59.5 Å². The van der Waals surface area contributed by atoms with Gasteiger partial charge in [-0.1, -0.05) is 49.4 Å². The summed E-state index contributed by atoms with van der Waals surface area (Å²) < 4.78 is 0. The highest BCUT2D eigenvalue weighted by Gasteiger charge is 2.24. The maximum Gasteiger partial charge on any atom is 0.240 e. The summed E-state index contributed by atoms with van der Waals surface area (Å²) in [5, 5.41) is 2.96. The van der Waals surface area contributed by atoms with E-state index in [-0.39, 0.29) is 24.3 Å². The van der Waals surface area contributed by atoms with Gasteiger partial charge in [-0.15, -0.1) is 11.8 Å². The minimum Gasteiger partial charge on any atom is -0.354 e. The molecule has 1 heterocycles. The first kappa shape index (κ1) is 17.5. The number of rotatable bonds is 5. The number of anilines is 1. The van der Waals surface area contributed by atoms with E-state index in [1.165, 1.54) is 5.56 Å². The Labute approximate surface area is 152 Å². The summed E-state index contributed by atoms with van der Waals surface area (Å²) in [7, 11) is 0. The van der Waals surface area contributed by atoms with Gasteiger partial charge in [0.25, 0.3) is 0 Å². The average molecular weight is 354 g/mol. The van der Waals surface area contributed by atoms with Gasteiger partial charge in [-0.05, 0) is 23.6 Å². The Kier molecular flexibility index (Phi) is 5.76. The number of amides is 2. The van der Waals surface area contributed by atoms with Gasteiger partial charge >= 0.3 is 0 Å². The molecular formula is C20H22N2O2S. The second-order valence-electron chi connectivity index (χ2n) is 6.16. The number of benzene rings is 2. The zero-order chi connectivity index (χ0) is 17.6. The monoisotopic (exact) mass is 354 g/mol. The molecule has 130 valence electrons. The highest BCUT2D eigenvalue weighted by molar-refractivity contribution is 7.99. The molecule has 25 heavy (non-hydrogen) atoms. The zero-order valence-corrected chi connectivity index (χ0v) is 15.1. The summed E-state index contributed by atoms with van der Waals surface area (Å²) in [5.74, 6) is 0.855. The molecule has 0 saturated carbocycles. The predicted molar refractivity (Wildman–Crippen MR) is 102 cm³/mol. The normalized spacial score (nSPS) is 15.2. The van der Waals surface area contributed by atoms with E-state index < -0.39 is 0 Å². The van der Waals surface area contributed by atoms with E-state index in [0.717, 1.165) is 16.3 Å². The standard InChI is InChI=1S/C20H22N2O2S/c1-15(16-7-3-2-4-8-16)13-21-19(23)14-22-17-9-5-6-10-18(17)25-12-11-20(22)24/h2-10,15H,11-14H2,1H3,(H,21,23)/t15-/m1/s1. The van der Waals surface area contributed by atoms with Crippen LogP contribution in [0.5, 0.6) is 0 Å². The van der Waals surface area contributed by atoms with Gasteiger partial charge in [0, 0.05) is 23.6 Å². The molecular weight excluding hydrogens is 332 g/mol. The molecule has 1 N–H and O–H groups in total. The number of carbonyl (C=O) groups is 2. The average Bonchev–Trinajstić information content (AvgIpc) is 2.80. The largest absolute Gasteiger partial charge is 0.354 e. The van der Waals surface area contributed by atoms with E-state index in [1.807, 2.05) is 42.5 Å². The summed E-state index contributed by atoms with van der Waals surface area (Å²) >= 11 is 1.67. The maximum atomic E-state index is 12.4. The zero-order valence-electron chi connectivity index (χ0n) is 14.3. The number of carbonyl (C=O) groups excluding carboxylic acids is 2. The highest BCUT2D eigenvalue weighted by Crippen LogP contribution is 2.33. The van der Waals surface area contributed by atoms with Crippen LogP contribution < -0.4 is 10.2 Å². The van der Waals surface area contributed by atoms with Crippen molar-refractivity contribution in [2.75, 3.05) is 23.7 Å². The number of para-hydroxylation sites is 1. The molecule has 0 aromatic heterocycles. The number of hydrogen-bond donors (Lipinski definition) is 1. The van der Waals surface area contributed by atoms with Crippen LogP contribution in [-0.4, -0.2) is 30.7 Å². The third-order valence-electron chi connectivity index (χ3n) is 4.31. The SMILES string of the molecule is C[C@H](CNC(=O)CN1C(=O)CCSc2ccccc21)c1ccccc1. The van der Waals surface area contributed by atoms with Crippen LogP contribution in [-0.2, 0) is 9.59 Å². The maximum absolute atomic E-state index is 12.4. The smallest absolute Gasteiger partial charge is 0.240 e. The second kappa shape index (κ2) is 8.21. The van der Waals surface area contributed by atoms with Crippen LogP contribution >= 0.6 is 11.8 Å². The van der Waals surface area contributed by atoms with E-state index >= 15 is 0 Å². The van der Waals surface area contributed by atoms with Gasteiger partial charge in [0.1, 0.15) is 6.54 Å². The fourth-order valence-electron chi connectivity index (χ4n) is 2.86. The van der Waals surface area contributed by atoms with Crippen molar-refractivity contribution in [2.24, 2.45) is 0 Å². The molecule has 1 aliphatic heterocycles. The van der Waals surface area contributed by atoms with Gasteiger partial charge in [-0.3, -0.25) is 9.59 Å². The van der Waals surface area contributed by atoms with Crippen LogP contribution in [0.25, 0.3) is 0 Å². The first-order valence-corrected chi connectivity index (χ1v) is 9.47. The Hall–Kier alpha value is -2.27. The molecule has 4 nitrogen and oxygen atoms in total. The van der Waals surface area contributed by atoms with Crippen molar-refractivity contribution < 1.29 is 9.59 Å². The number of nitrogens with zero attached hydrogens (tertiary/aromatic N) is 1. The highest BCUT2D eigenvalue weighted by atomic mass is 32.2. The quantitative estimate of drug-likeness (QED) is 0.895. The summed E-state index contributed by atoms with van der Waals surface area (Å²) in [6.07, 6.45) is 0.451. The first-order valence-electron chi connectivity index (χ1n) is 8.49. The predicted octanol–water partition coefficient (Wildman–Crippen LogP) is 3.44. The van der Waals surface area contributed by atoms with Gasteiger partial charge < -0.3 is 10.2 Å². The number of thioether (sulfide) groups is 1. The van der Waals surface area contributed by atoms with Gasteiger partial charge in [0.15, 0.2) is 0 Å². The summed E-state index contributed by atoms with van der Waals surface area (Å²) in [6, 6.07) is 17.9. The van der Waals surface area contributed by atoms with Crippen LogP contribution in [0.2, 0.25) is 0 Å². The van der Waals surface area contributed by atoms with Crippen molar-refractivity contribution in [2.45, 2.75) is 24.2 Å². The number of fused-ring (bicyclic) bond motifs is 1. The molecule has 1 atom stereocenters. The molecule has 0 fully saturated rings.